The molecule has 0 aliphatic rings. The third kappa shape index (κ3) is 9.25. The summed E-state index contributed by atoms with van der Waals surface area (Å²) in [6.07, 6.45) is 6.46. The normalized spacial score (nSPS) is 10.9. The summed E-state index contributed by atoms with van der Waals surface area (Å²) in [4.78, 5) is 0. The summed E-state index contributed by atoms with van der Waals surface area (Å²) >= 11 is 0. The van der Waals surface area contributed by atoms with E-state index in [-0.39, 0.29) is 0 Å². The summed E-state index contributed by atoms with van der Waals surface area (Å²) in [6.45, 7) is 9.65. The van der Waals surface area contributed by atoms with Crippen LogP contribution in [-0.2, 0) is 10.3 Å². The summed E-state index contributed by atoms with van der Waals surface area (Å²) < 4.78 is 10.3. The first-order chi connectivity index (χ1) is 8.52. The van der Waals surface area contributed by atoms with Crippen molar-refractivity contribution in [1.29, 1.82) is 0 Å². The van der Waals surface area contributed by atoms with E-state index in [4.69, 9.17) is 9.15 Å². The van der Waals surface area contributed by atoms with Gasteiger partial charge in [0.15, 0.2) is 0 Å². The predicted octanol–water partition coefficient (Wildman–Crippen LogP) is 4.11. The second kappa shape index (κ2) is 10.2. The third-order valence-electron chi connectivity index (χ3n) is 2.41. The maximum atomic E-state index is 9.28. The highest BCUT2D eigenvalue weighted by molar-refractivity contribution is 5.05. The Balaban J connectivity index is 0.000000321. The quantitative estimate of drug-likeness (QED) is 0.746. The van der Waals surface area contributed by atoms with E-state index in [1.54, 1.807) is 32.2 Å². The molecule has 0 unspecified atom stereocenters. The lowest BCUT2D eigenvalue weighted by Crippen LogP contribution is -2.13. The van der Waals surface area contributed by atoms with E-state index in [9.17, 15) is 5.11 Å². The molecule has 0 radical (unpaired) electrons. The summed E-state index contributed by atoms with van der Waals surface area (Å²) in [5, 5.41) is 9.28. The second-order valence-electron chi connectivity index (χ2n) is 4.86. The van der Waals surface area contributed by atoms with E-state index in [1.807, 2.05) is 0 Å². The number of aliphatic hydroxyl groups is 1. The van der Waals surface area contributed by atoms with Crippen molar-refractivity contribution in [2.45, 2.75) is 59.0 Å². The molecule has 0 aliphatic carbocycles. The number of hydrogen-bond donors (Lipinski definition) is 1. The fraction of sp³-hybridized carbons (Fsp3) is 0.733. The molecule has 1 heterocycles. The molecule has 0 saturated carbocycles. The molecule has 0 amide bonds. The van der Waals surface area contributed by atoms with Gasteiger partial charge in [0.25, 0.3) is 0 Å². The fourth-order valence-corrected chi connectivity index (χ4v) is 1.22. The minimum absolute atomic E-state index is 0.600. The zero-order valence-corrected chi connectivity index (χ0v) is 12.2. The molecule has 3 heteroatoms. The Kier molecular flexibility index (Phi) is 9.70. The van der Waals surface area contributed by atoms with Gasteiger partial charge in [-0.1, -0.05) is 26.7 Å². The second-order valence-corrected chi connectivity index (χ2v) is 4.86. The van der Waals surface area contributed by atoms with Crippen LogP contribution < -0.4 is 0 Å². The molecule has 1 N–H and O–H groups in total. The average Bonchev–Trinajstić information content (AvgIpc) is 2.83. The number of ether oxygens (including phenoxy) is 1. The highest BCUT2D eigenvalue weighted by Crippen LogP contribution is 2.18. The molecule has 1 aromatic heterocycles. The Labute approximate surface area is 111 Å². The van der Waals surface area contributed by atoms with Gasteiger partial charge in [-0.15, -0.1) is 0 Å². The first-order valence-electron chi connectivity index (χ1n) is 6.86. The molecule has 3 nitrogen and oxygen atoms in total. The first kappa shape index (κ1) is 17.2. The molecule has 106 valence electrons. The molecule has 0 bridgehead atoms. The van der Waals surface area contributed by atoms with Crippen molar-refractivity contribution in [1.82, 2.24) is 0 Å². The lowest BCUT2D eigenvalue weighted by atomic mass is 10.1. The van der Waals surface area contributed by atoms with Gasteiger partial charge in [-0.25, -0.2) is 0 Å². The molecule has 0 fully saturated rings. The lowest BCUT2D eigenvalue weighted by Gasteiger charge is -2.12. The van der Waals surface area contributed by atoms with E-state index < -0.39 is 5.60 Å². The number of hydrogen-bond acceptors (Lipinski definition) is 3. The topological polar surface area (TPSA) is 42.6 Å². The molecule has 0 aromatic carbocycles. The van der Waals surface area contributed by atoms with Gasteiger partial charge < -0.3 is 14.3 Å². The highest BCUT2D eigenvalue weighted by atomic mass is 16.5. The van der Waals surface area contributed by atoms with Crippen LogP contribution >= 0.6 is 0 Å². The first-order valence-corrected chi connectivity index (χ1v) is 6.86. The molecule has 0 atom stereocenters. The van der Waals surface area contributed by atoms with E-state index >= 15 is 0 Å². The van der Waals surface area contributed by atoms with Gasteiger partial charge in [0.2, 0.25) is 0 Å². The zero-order valence-electron chi connectivity index (χ0n) is 12.2. The van der Waals surface area contributed by atoms with E-state index in [2.05, 4.69) is 13.8 Å². The third-order valence-corrected chi connectivity index (χ3v) is 2.41. The van der Waals surface area contributed by atoms with Gasteiger partial charge >= 0.3 is 0 Å². The average molecular weight is 256 g/mol. The molecule has 18 heavy (non-hydrogen) atoms. The van der Waals surface area contributed by atoms with Crippen LogP contribution in [-0.4, -0.2) is 18.3 Å². The summed E-state index contributed by atoms with van der Waals surface area (Å²) in [5.41, 5.74) is -0.844. The molecule has 0 saturated heterocycles. The standard InChI is InChI=1S/C8H18O.C7H10O2/c1-3-5-7-9-8-6-4-2;1-7(2,8)6-4-3-5-9-6/h3-8H2,1-2H3;3-5,8H,1-2H3. The van der Waals surface area contributed by atoms with Crippen LogP contribution in [0.15, 0.2) is 22.8 Å². The molecular weight excluding hydrogens is 228 g/mol. The van der Waals surface area contributed by atoms with Crippen molar-refractivity contribution in [2.24, 2.45) is 0 Å². The van der Waals surface area contributed by atoms with Crippen molar-refractivity contribution in [3.8, 4) is 0 Å². The van der Waals surface area contributed by atoms with Gasteiger partial charge in [0.05, 0.1) is 6.26 Å². The van der Waals surface area contributed by atoms with Crippen molar-refractivity contribution in [2.75, 3.05) is 13.2 Å². The maximum absolute atomic E-state index is 9.28. The highest BCUT2D eigenvalue weighted by Gasteiger charge is 2.17. The largest absolute Gasteiger partial charge is 0.466 e. The van der Waals surface area contributed by atoms with E-state index in [1.165, 1.54) is 25.7 Å². The summed E-state index contributed by atoms with van der Waals surface area (Å²) in [5.74, 6) is 0.600. The van der Waals surface area contributed by atoms with Crippen molar-refractivity contribution >= 4 is 0 Å². The van der Waals surface area contributed by atoms with Crippen LogP contribution in [0.3, 0.4) is 0 Å². The van der Waals surface area contributed by atoms with Gasteiger partial charge in [0, 0.05) is 13.2 Å². The number of rotatable bonds is 7. The SMILES string of the molecule is CC(C)(O)c1ccco1.CCCCOCCCC. The lowest BCUT2D eigenvalue weighted by molar-refractivity contribution is 0.0541. The van der Waals surface area contributed by atoms with Gasteiger partial charge in [0.1, 0.15) is 11.4 Å². The number of furan rings is 1. The Bertz CT molecular complexity index is 254. The van der Waals surface area contributed by atoms with Crippen LogP contribution in [0.25, 0.3) is 0 Å². The molecular formula is C15H28O3. The minimum Gasteiger partial charge on any atom is -0.466 e. The molecule has 0 spiro atoms. The van der Waals surface area contributed by atoms with Gasteiger partial charge in [-0.3, -0.25) is 0 Å². The number of unbranched alkanes of at least 4 members (excludes halogenated alkanes) is 2. The fourth-order valence-electron chi connectivity index (χ4n) is 1.22. The Morgan fingerprint density at radius 2 is 1.72 bits per heavy atom. The smallest absolute Gasteiger partial charge is 0.134 e. The van der Waals surface area contributed by atoms with Crippen molar-refractivity contribution < 1.29 is 14.3 Å². The van der Waals surface area contributed by atoms with Crippen LogP contribution in [0.2, 0.25) is 0 Å². The van der Waals surface area contributed by atoms with Gasteiger partial charge in [-0.05, 0) is 38.8 Å². The Morgan fingerprint density at radius 1 is 1.17 bits per heavy atom. The van der Waals surface area contributed by atoms with E-state index in [0.29, 0.717) is 5.76 Å². The molecule has 1 rings (SSSR count). The van der Waals surface area contributed by atoms with Gasteiger partial charge in [-0.2, -0.15) is 0 Å². The van der Waals surface area contributed by atoms with Crippen LogP contribution in [0.1, 0.15) is 59.1 Å². The minimum atomic E-state index is -0.844. The van der Waals surface area contributed by atoms with Crippen molar-refractivity contribution in [3.63, 3.8) is 0 Å². The molecule has 1 aromatic rings. The van der Waals surface area contributed by atoms with E-state index in [0.717, 1.165) is 13.2 Å². The monoisotopic (exact) mass is 256 g/mol. The van der Waals surface area contributed by atoms with Crippen LogP contribution in [0, 0.1) is 0 Å². The van der Waals surface area contributed by atoms with Crippen molar-refractivity contribution in [3.05, 3.63) is 24.2 Å². The zero-order chi connectivity index (χ0) is 13.9. The molecule has 0 aliphatic heterocycles. The van der Waals surface area contributed by atoms with Crippen LogP contribution in [0.5, 0.6) is 0 Å². The Hall–Kier alpha value is -0.800. The van der Waals surface area contributed by atoms with Crippen LogP contribution in [0.4, 0.5) is 0 Å². The summed E-state index contributed by atoms with van der Waals surface area (Å²) in [7, 11) is 0. The summed E-state index contributed by atoms with van der Waals surface area (Å²) in [6, 6.07) is 3.51. The predicted molar refractivity (Wildman–Crippen MR) is 74.6 cm³/mol. The Morgan fingerprint density at radius 3 is 2.00 bits per heavy atom. The maximum Gasteiger partial charge on any atom is 0.134 e.